The van der Waals surface area contributed by atoms with Crippen molar-refractivity contribution in [2.24, 2.45) is 5.92 Å². The minimum Gasteiger partial charge on any atom is -0.339 e. The summed E-state index contributed by atoms with van der Waals surface area (Å²) in [6, 6.07) is 10.3. The molecule has 2 heterocycles. The zero-order valence-electron chi connectivity index (χ0n) is 12.3. The number of nitrogens with zero attached hydrogens (tertiary/aromatic N) is 2. The van der Waals surface area contributed by atoms with Crippen molar-refractivity contribution in [3.63, 3.8) is 0 Å². The zero-order valence-corrected chi connectivity index (χ0v) is 12.3. The molecular weight excluding hydrogens is 250 g/mol. The normalized spacial score (nSPS) is 23.1. The summed E-state index contributed by atoms with van der Waals surface area (Å²) in [5.41, 5.74) is 0.961. The van der Waals surface area contributed by atoms with Crippen LogP contribution in [0.4, 0.5) is 0 Å². The van der Waals surface area contributed by atoms with Gasteiger partial charge in [-0.1, -0.05) is 42.4 Å². The van der Waals surface area contributed by atoms with Crippen LogP contribution >= 0.6 is 0 Å². The van der Waals surface area contributed by atoms with Gasteiger partial charge < -0.3 is 9.84 Å². The maximum atomic E-state index is 5.53. The number of aromatic nitrogens is 2. The molecule has 1 aromatic heterocycles. The van der Waals surface area contributed by atoms with Gasteiger partial charge in [0.25, 0.3) is 0 Å². The van der Waals surface area contributed by atoms with Crippen LogP contribution in [0.15, 0.2) is 34.9 Å². The Bertz CT molecular complexity index is 576. The number of rotatable bonds is 3. The molecule has 0 amide bonds. The molecule has 0 spiro atoms. The lowest BCUT2D eigenvalue weighted by Crippen LogP contribution is -2.21. The van der Waals surface area contributed by atoms with Crippen LogP contribution in [0.5, 0.6) is 0 Å². The average Bonchev–Trinajstić information content (AvgIpc) is 3.08. The first-order valence-corrected chi connectivity index (χ1v) is 7.19. The van der Waals surface area contributed by atoms with Gasteiger partial charge in [-0.2, -0.15) is 4.98 Å². The van der Waals surface area contributed by atoms with Gasteiger partial charge in [-0.25, -0.2) is 0 Å². The molecule has 0 bridgehead atoms. The molecule has 4 nitrogen and oxygen atoms in total. The summed E-state index contributed by atoms with van der Waals surface area (Å²) in [7, 11) is 0. The second-order valence-electron chi connectivity index (χ2n) is 6.19. The molecule has 0 radical (unpaired) electrons. The quantitative estimate of drug-likeness (QED) is 0.932. The summed E-state index contributed by atoms with van der Waals surface area (Å²) in [5, 5.41) is 7.60. The minimum absolute atomic E-state index is 0.238. The van der Waals surface area contributed by atoms with Crippen LogP contribution in [0, 0.1) is 5.92 Å². The molecule has 1 aliphatic heterocycles. The molecule has 1 aromatic carbocycles. The monoisotopic (exact) mass is 271 g/mol. The molecule has 1 N–H and O–H groups in total. The van der Waals surface area contributed by atoms with Crippen molar-refractivity contribution in [2.75, 3.05) is 13.1 Å². The van der Waals surface area contributed by atoms with Crippen LogP contribution in [0.25, 0.3) is 0 Å². The van der Waals surface area contributed by atoms with Crippen molar-refractivity contribution in [2.45, 2.75) is 32.1 Å². The molecule has 4 heteroatoms. The molecule has 2 aromatic rings. The van der Waals surface area contributed by atoms with E-state index in [4.69, 9.17) is 4.52 Å². The van der Waals surface area contributed by atoms with E-state index in [2.05, 4.69) is 48.4 Å². The standard InChI is InChI=1S/C16H21N3O/c1-11-9-17-10-13(11)14-18-15(19-20-14)16(2,3)12-7-5-4-6-8-12/h4-8,11,13,17H,9-10H2,1-3H3/t11-,13-/m1/s1. The van der Waals surface area contributed by atoms with E-state index in [1.165, 1.54) is 5.56 Å². The number of benzene rings is 1. The first kappa shape index (κ1) is 13.3. The van der Waals surface area contributed by atoms with Crippen molar-refractivity contribution < 1.29 is 4.52 Å². The lowest BCUT2D eigenvalue weighted by atomic mass is 9.84. The van der Waals surface area contributed by atoms with E-state index in [0.717, 1.165) is 24.8 Å². The van der Waals surface area contributed by atoms with E-state index in [1.807, 2.05) is 18.2 Å². The number of nitrogens with one attached hydrogen (secondary N) is 1. The molecule has 1 fully saturated rings. The summed E-state index contributed by atoms with van der Waals surface area (Å²) >= 11 is 0. The first-order valence-electron chi connectivity index (χ1n) is 7.19. The molecule has 0 unspecified atom stereocenters. The molecule has 1 saturated heterocycles. The Morgan fingerprint density at radius 1 is 1.20 bits per heavy atom. The van der Waals surface area contributed by atoms with E-state index >= 15 is 0 Å². The Morgan fingerprint density at radius 3 is 2.60 bits per heavy atom. The van der Waals surface area contributed by atoms with E-state index in [0.29, 0.717) is 11.8 Å². The van der Waals surface area contributed by atoms with Crippen molar-refractivity contribution in [1.29, 1.82) is 0 Å². The summed E-state index contributed by atoms with van der Waals surface area (Å²) in [6.07, 6.45) is 0. The van der Waals surface area contributed by atoms with Gasteiger partial charge >= 0.3 is 0 Å². The van der Waals surface area contributed by atoms with Crippen LogP contribution in [0.1, 0.15) is 44.0 Å². The van der Waals surface area contributed by atoms with Gasteiger partial charge in [-0.05, 0) is 31.9 Å². The second kappa shape index (κ2) is 5.02. The van der Waals surface area contributed by atoms with Gasteiger partial charge in [0.15, 0.2) is 5.82 Å². The third-order valence-corrected chi connectivity index (χ3v) is 4.33. The highest BCUT2D eigenvalue weighted by molar-refractivity contribution is 5.30. The van der Waals surface area contributed by atoms with E-state index in [1.54, 1.807) is 0 Å². The highest BCUT2D eigenvalue weighted by Crippen LogP contribution is 2.32. The zero-order chi connectivity index (χ0) is 14.2. The Balaban J connectivity index is 1.90. The molecule has 3 rings (SSSR count). The van der Waals surface area contributed by atoms with Crippen LogP contribution < -0.4 is 5.32 Å². The van der Waals surface area contributed by atoms with Crippen LogP contribution in [-0.2, 0) is 5.41 Å². The van der Waals surface area contributed by atoms with E-state index in [9.17, 15) is 0 Å². The summed E-state index contributed by atoms with van der Waals surface area (Å²) in [5.74, 6) is 2.41. The Kier molecular flexibility index (Phi) is 3.34. The number of hydrogen-bond donors (Lipinski definition) is 1. The van der Waals surface area contributed by atoms with Gasteiger partial charge in [0, 0.05) is 6.54 Å². The first-order chi connectivity index (χ1) is 9.59. The van der Waals surface area contributed by atoms with Crippen LogP contribution in [0.2, 0.25) is 0 Å². The fraction of sp³-hybridized carbons (Fsp3) is 0.500. The predicted molar refractivity (Wildman–Crippen MR) is 77.6 cm³/mol. The molecular formula is C16H21N3O. The van der Waals surface area contributed by atoms with Crippen LogP contribution in [-0.4, -0.2) is 23.2 Å². The van der Waals surface area contributed by atoms with Gasteiger partial charge in [-0.3, -0.25) is 0 Å². The molecule has 20 heavy (non-hydrogen) atoms. The maximum Gasteiger partial charge on any atom is 0.231 e. The van der Waals surface area contributed by atoms with Gasteiger partial charge in [-0.15, -0.1) is 0 Å². The van der Waals surface area contributed by atoms with Crippen molar-refractivity contribution in [3.05, 3.63) is 47.6 Å². The lowest BCUT2D eigenvalue weighted by molar-refractivity contribution is 0.332. The Labute approximate surface area is 119 Å². The van der Waals surface area contributed by atoms with Crippen LogP contribution in [0.3, 0.4) is 0 Å². The van der Waals surface area contributed by atoms with E-state index in [-0.39, 0.29) is 5.41 Å². The fourth-order valence-electron chi connectivity index (χ4n) is 2.76. The second-order valence-corrected chi connectivity index (χ2v) is 6.19. The molecule has 0 saturated carbocycles. The largest absolute Gasteiger partial charge is 0.339 e. The maximum absolute atomic E-state index is 5.53. The third-order valence-electron chi connectivity index (χ3n) is 4.33. The summed E-state index contributed by atoms with van der Waals surface area (Å²) in [6.45, 7) is 8.43. The smallest absolute Gasteiger partial charge is 0.231 e. The van der Waals surface area contributed by atoms with Gasteiger partial charge in [0.2, 0.25) is 5.89 Å². The lowest BCUT2D eigenvalue weighted by Gasteiger charge is -2.20. The van der Waals surface area contributed by atoms with Gasteiger partial charge in [0.1, 0.15) is 0 Å². The van der Waals surface area contributed by atoms with Gasteiger partial charge in [0.05, 0.1) is 11.3 Å². The SMILES string of the molecule is C[C@@H]1CNC[C@H]1c1nc(C(C)(C)c2ccccc2)no1. The summed E-state index contributed by atoms with van der Waals surface area (Å²) < 4.78 is 5.53. The summed E-state index contributed by atoms with van der Waals surface area (Å²) in [4.78, 5) is 4.67. The minimum atomic E-state index is -0.238. The Morgan fingerprint density at radius 2 is 1.95 bits per heavy atom. The number of hydrogen-bond acceptors (Lipinski definition) is 4. The predicted octanol–water partition coefficient (Wildman–Crippen LogP) is 2.72. The van der Waals surface area contributed by atoms with Crippen molar-refractivity contribution >= 4 is 0 Å². The molecule has 1 aliphatic rings. The topological polar surface area (TPSA) is 51.0 Å². The highest BCUT2D eigenvalue weighted by atomic mass is 16.5. The highest BCUT2D eigenvalue weighted by Gasteiger charge is 2.33. The fourth-order valence-corrected chi connectivity index (χ4v) is 2.76. The molecule has 106 valence electrons. The van der Waals surface area contributed by atoms with Crippen molar-refractivity contribution in [1.82, 2.24) is 15.5 Å². The average molecular weight is 271 g/mol. The Hall–Kier alpha value is -1.68. The molecule has 2 atom stereocenters. The third kappa shape index (κ3) is 2.24. The molecule has 0 aliphatic carbocycles. The van der Waals surface area contributed by atoms with E-state index < -0.39 is 0 Å². The van der Waals surface area contributed by atoms with Crippen molar-refractivity contribution in [3.8, 4) is 0 Å².